The van der Waals surface area contributed by atoms with Crippen LogP contribution in [-0.2, 0) is 9.59 Å². The molecule has 2 rings (SSSR count). The van der Waals surface area contributed by atoms with E-state index in [1.165, 1.54) is 17.9 Å². The molecule has 2 atom stereocenters. The highest BCUT2D eigenvalue weighted by atomic mass is 35.5. The molecule has 0 bridgehead atoms. The number of phenolic OH excluding ortho intramolecular Hbond substituents is 1. The summed E-state index contributed by atoms with van der Waals surface area (Å²) in [6.45, 7) is 1.52. The number of carbonyl (C=O) groups is 2. The quantitative estimate of drug-likeness (QED) is 0.435. The maximum atomic E-state index is 12.1. The van der Waals surface area contributed by atoms with Crippen molar-refractivity contribution in [2.24, 2.45) is 11.7 Å². The molecule has 1 aromatic rings. The van der Waals surface area contributed by atoms with Gasteiger partial charge in [0.2, 0.25) is 0 Å². The molecule has 2 unspecified atom stereocenters. The summed E-state index contributed by atoms with van der Waals surface area (Å²) in [4.78, 5) is 22.6. The molecule has 1 aromatic carbocycles. The number of benzene rings is 1. The standard InChI is InChI=1S/C16H22Cl2N2O4.C2HF3O2/c1-16(24,8-21)15(23)20-4-2-9(3-5-20)14(19)10-6-11(17)12(18)7-13(10)22;3-2(4,5)1(6)7/h6-7,9,14,21-22,24H,2-5,8,19H2,1H3;(H,6,7). The number of carboxylic acids is 1. The van der Waals surface area contributed by atoms with Crippen molar-refractivity contribution in [2.75, 3.05) is 19.7 Å². The van der Waals surface area contributed by atoms with Gasteiger partial charge in [0.05, 0.1) is 16.7 Å². The normalized spacial score (nSPS) is 17.9. The Morgan fingerprint density at radius 1 is 1.23 bits per heavy atom. The first-order valence-electron chi connectivity index (χ1n) is 8.98. The number of aliphatic hydroxyl groups is 2. The van der Waals surface area contributed by atoms with Crippen LogP contribution in [0.1, 0.15) is 31.4 Å². The van der Waals surface area contributed by atoms with Gasteiger partial charge in [-0.3, -0.25) is 4.79 Å². The van der Waals surface area contributed by atoms with Crippen molar-refractivity contribution in [3.63, 3.8) is 0 Å². The highest BCUT2D eigenvalue weighted by Gasteiger charge is 2.38. The van der Waals surface area contributed by atoms with Crippen LogP contribution in [0.2, 0.25) is 10.0 Å². The molecular weight excluding hydrogens is 468 g/mol. The monoisotopic (exact) mass is 490 g/mol. The Labute approximate surface area is 186 Å². The minimum atomic E-state index is -5.08. The molecule has 0 spiro atoms. The van der Waals surface area contributed by atoms with Gasteiger partial charge >= 0.3 is 12.1 Å². The second-order valence-corrected chi connectivity index (χ2v) is 8.03. The van der Waals surface area contributed by atoms with E-state index in [9.17, 15) is 28.2 Å². The summed E-state index contributed by atoms with van der Waals surface area (Å²) in [6, 6.07) is 2.50. The van der Waals surface area contributed by atoms with Crippen molar-refractivity contribution in [1.82, 2.24) is 4.90 Å². The number of alkyl halides is 3. The van der Waals surface area contributed by atoms with E-state index in [1.807, 2.05) is 0 Å². The van der Waals surface area contributed by atoms with E-state index in [0.717, 1.165) is 0 Å². The third kappa shape index (κ3) is 7.39. The summed E-state index contributed by atoms with van der Waals surface area (Å²) in [5, 5.41) is 36.7. The first kappa shape index (κ1) is 27.2. The van der Waals surface area contributed by atoms with Gasteiger partial charge in [0.15, 0.2) is 5.60 Å². The fourth-order valence-corrected chi connectivity index (χ4v) is 3.27. The lowest BCUT2D eigenvalue weighted by Gasteiger charge is -2.37. The number of hydrogen-bond acceptors (Lipinski definition) is 6. The van der Waals surface area contributed by atoms with Crippen LogP contribution in [0.25, 0.3) is 0 Å². The van der Waals surface area contributed by atoms with Gasteiger partial charge in [-0.1, -0.05) is 23.2 Å². The van der Waals surface area contributed by atoms with Gasteiger partial charge in [-0.25, -0.2) is 4.79 Å². The Morgan fingerprint density at radius 2 is 1.68 bits per heavy atom. The summed E-state index contributed by atoms with van der Waals surface area (Å²) in [6.07, 6.45) is -3.85. The van der Waals surface area contributed by atoms with E-state index in [-0.39, 0.29) is 16.7 Å². The minimum absolute atomic E-state index is 0.00128. The van der Waals surface area contributed by atoms with Crippen LogP contribution in [-0.4, -0.2) is 68.7 Å². The number of aliphatic carboxylic acids is 1. The van der Waals surface area contributed by atoms with Gasteiger partial charge in [-0.05, 0) is 31.7 Å². The number of aliphatic hydroxyl groups excluding tert-OH is 1. The van der Waals surface area contributed by atoms with Gasteiger partial charge in [0, 0.05) is 30.8 Å². The van der Waals surface area contributed by atoms with Crippen LogP contribution in [0.4, 0.5) is 13.2 Å². The Bertz CT molecular complexity index is 799. The predicted octanol–water partition coefficient (Wildman–Crippen LogP) is 2.31. The minimum Gasteiger partial charge on any atom is -0.508 e. The predicted molar refractivity (Wildman–Crippen MR) is 106 cm³/mol. The van der Waals surface area contributed by atoms with Gasteiger partial charge in [-0.15, -0.1) is 0 Å². The molecule has 1 fully saturated rings. The second-order valence-electron chi connectivity index (χ2n) is 7.22. The number of hydrogen-bond donors (Lipinski definition) is 5. The molecule has 13 heteroatoms. The average molecular weight is 491 g/mol. The maximum absolute atomic E-state index is 12.1. The first-order valence-corrected chi connectivity index (χ1v) is 9.73. The highest BCUT2D eigenvalue weighted by molar-refractivity contribution is 6.42. The van der Waals surface area contributed by atoms with Crippen LogP contribution < -0.4 is 5.73 Å². The van der Waals surface area contributed by atoms with E-state index in [4.69, 9.17) is 43.9 Å². The Kier molecular flexibility index (Phi) is 9.39. The number of phenols is 1. The molecule has 0 saturated carbocycles. The number of piperidine rings is 1. The zero-order valence-corrected chi connectivity index (χ0v) is 17.9. The molecule has 6 N–H and O–H groups in total. The molecule has 8 nitrogen and oxygen atoms in total. The first-order chi connectivity index (χ1) is 14.1. The Morgan fingerprint density at radius 3 is 2.10 bits per heavy atom. The summed E-state index contributed by atoms with van der Waals surface area (Å²) >= 11 is 11.9. The van der Waals surface area contributed by atoms with E-state index in [0.29, 0.717) is 36.5 Å². The van der Waals surface area contributed by atoms with Crippen molar-refractivity contribution >= 4 is 35.1 Å². The smallest absolute Gasteiger partial charge is 0.490 e. The van der Waals surface area contributed by atoms with Gasteiger partial charge < -0.3 is 31.1 Å². The van der Waals surface area contributed by atoms with Crippen LogP contribution >= 0.6 is 23.2 Å². The number of nitrogens with zero attached hydrogens (tertiary/aromatic N) is 1. The van der Waals surface area contributed by atoms with Gasteiger partial charge in [0.25, 0.3) is 5.91 Å². The zero-order chi connectivity index (χ0) is 24.1. The van der Waals surface area contributed by atoms with Crippen LogP contribution in [0.5, 0.6) is 5.75 Å². The van der Waals surface area contributed by atoms with Crippen LogP contribution in [0.15, 0.2) is 12.1 Å². The summed E-state index contributed by atoms with van der Waals surface area (Å²) in [5.74, 6) is -3.20. The molecule has 1 heterocycles. The van der Waals surface area contributed by atoms with Crippen LogP contribution in [0, 0.1) is 5.92 Å². The number of halogens is 5. The van der Waals surface area contributed by atoms with E-state index < -0.39 is 36.3 Å². The molecule has 1 aliphatic heterocycles. The SMILES string of the molecule is CC(O)(CO)C(=O)N1CCC(C(N)c2cc(Cl)c(Cl)cc2O)CC1.O=C(O)C(F)(F)F. The second kappa shape index (κ2) is 10.7. The Balaban J connectivity index is 0.000000592. The molecular formula is C18H23Cl2F3N2O6. The molecule has 176 valence electrons. The van der Waals surface area contributed by atoms with E-state index in [2.05, 4.69) is 0 Å². The summed E-state index contributed by atoms with van der Waals surface area (Å²) in [7, 11) is 0. The van der Waals surface area contributed by atoms with E-state index >= 15 is 0 Å². The number of carboxylic acid groups (broad SMARTS) is 1. The van der Waals surface area contributed by atoms with Gasteiger partial charge in [-0.2, -0.15) is 13.2 Å². The van der Waals surface area contributed by atoms with Crippen molar-refractivity contribution in [2.45, 2.75) is 37.6 Å². The molecule has 0 aromatic heterocycles. The highest BCUT2D eigenvalue weighted by Crippen LogP contribution is 2.37. The third-order valence-electron chi connectivity index (χ3n) is 4.77. The number of rotatable bonds is 4. The molecule has 0 radical (unpaired) electrons. The lowest BCUT2D eigenvalue weighted by Crippen LogP contribution is -2.52. The van der Waals surface area contributed by atoms with Crippen molar-refractivity contribution in [3.05, 3.63) is 27.7 Å². The number of carbonyl (C=O) groups excluding carboxylic acids is 1. The average Bonchev–Trinajstić information content (AvgIpc) is 2.69. The fraction of sp³-hybridized carbons (Fsp3) is 0.556. The summed E-state index contributed by atoms with van der Waals surface area (Å²) in [5.41, 5.74) is 5.03. The third-order valence-corrected chi connectivity index (χ3v) is 5.50. The maximum Gasteiger partial charge on any atom is 0.490 e. The lowest BCUT2D eigenvalue weighted by molar-refractivity contribution is -0.192. The zero-order valence-electron chi connectivity index (χ0n) is 16.4. The largest absolute Gasteiger partial charge is 0.508 e. The van der Waals surface area contributed by atoms with Crippen LogP contribution in [0.3, 0.4) is 0 Å². The fourth-order valence-electron chi connectivity index (χ4n) is 2.94. The number of amides is 1. The van der Waals surface area contributed by atoms with Crippen molar-refractivity contribution in [1.29, 1.82) is 0 Å². The van der Waals surface area contributed by atoms with Crippen molar-refractivity contribution < 1.29 is 43.2 Å². The molecule has 1 aliphatic rings. The van der Waals surface area contributed by atoms with Crippen molar-refractivity contribution in [3.8, 4) is 5.75 Å². The Hall–Kier alpha value is -1.79. The number of nitrogens with two attached hydrogens (primary N) is 1. The van der Waals surface area contributed by atoms with E-state index in [1.54, 1.807) is 6.07 Å². The lowest BCUT2D eigenvalue weighted by atomic mass is 9.85. The number of likely N-dealkylation sites (tertiary alicyclic amines) is 1. The van der Waals surface area contributed by atoms with Gasteiger partial charge in [0.1, 0.15) is 5.75 Å². The topological polar surface area (TPSA) is 144 Å². The molecule has 1 amide bonds. The molecule has 1 saturated heterocycles. The number of aromatic hydroxyl groups is 1. The summed E-state index contributed by atoms with van der Waals surface area (Å²) < 4.78 is 31.7. The molecule has 0 aliphatic carbocycles. The molecule has 31 heavy (non-hydrogen) atoms.